The third kappa shape index (κ3) is 6.23. The number of hydrogen-bond donors (Lipinski definition) is 2. The minimum Gasteiger partial charge on any atom is -0.464 e. The molecule has 176 valence electrons. The molecule has 0 saturated heterocycles. The van der Waals surface area contributed by atoms with Gasteiger partial charge < -0.3 is 10.1 Å². The summed E-state index contributed by atoms with van der Waals surface area (Å²) in [7, 11) is -2.96. The minimum absolute atomic E-state index is 0.0219. The lowest BCUT2D eigenvalue weighted by atomic mass is 10.1. The van der Waals surface area contributed by atoms with Crippen molar-refractivity contribution in [2.75, 3.05) is 13.7 Å². The zero-order chi connectivity index (χ0) is 24.7. The van der Waals surface area contributed by atoms with E-state index in [1.165, 1.54) is 55.6 Å². The Labute approximate surface area is 195 Å². The Hall–Kier alpha value is -4.12. The SMILES string of the molecule is COC(=O)c1ccc(C(=O)NS(=O)(=O)c2ccc(CCNC(=O)c3ccc(F)cc3)cc2)cn1. The van der Waals surface area contributed by atoms with Gasteiger partial charge in [0.15, 0.2) is 0 Å². The number of halogens is 1. The average Bonchev–Trinajstić information content (AvgIpc) is 2.84. The Balaban J connectivity index is 1.56. The Morgan fingerprint density at radius 1 is 0.912 bits per heavy atom. The molecular weight excluding hydrogens is 465 g/mol. The molecule has 34 heavy (non-hydrogen) atoms. The molecule has 0 aliphatic rings. The summed E-state index contributed by atoms with van der Waals surface area (Å²) < 4.78 is 44.4. The first-order valence-corrected chi connectivity index (χ1v) is 11.4. The molecule has 0 radical (unpaired) electrons. The predicted octanol–water partition coefficient (Wildman–Crippen LogP) is 2.10. The molecule has 3 rings (SSSR count). The Bertz CT molecular complexity index is 1290. The number of ether oxygens (including phenoxy) is 1. The molecule has 2 amide bonds. The molecule has 0 saturated carbocycles. The number of benzene rings is 2. The van der Waals surface area contributed by atoms with Gasteiger partial charge in [0.25, 0.3) is 21.8 Å². The number of esters is 1. The van der Waals surface area contributed by atoms with Crippen LogP contribution < -0.4 is 10.0 Å². The maximum atomic E-state index is 12.9. The molecule has 0 unspecified atom stereocenters. The predicted molar refractivity (Wildman–Crippen MR) is 119 cm³/mol. The van der Waals surface area contributed by atoms with Crippen LogP contribution in [0.3, 0.4) is 0 Å². The fourth-order valence-corrected chi connectivity index (χ4v) is 3.83. The van der Waals surface area contributed by atoms with E-state index in [9.17, 15) is 27.2 Å². The molecule has 1 heterocycles. The molecule has 2 N–H and O–H groups in total. The van der Waals surface area contributed by atoms with Gasteiger partial charge in [0.2, 0.25) is 0 Å². The highest BCUT2D eigenvalue weighted by Gasteiger charge is 2.19. The van der Waals surface area contributed by atoms with Gasteiger partial charge in [-0.1, -0.05) is 12.1 Å². The molecule has 1 aromatic heterocycles. The molecule has 0 fully saturated rings. The smallest absolute Gasteiger partial charge is 0.356 e. The number of nitrogens with zero attached hydrogens (tertiary/aromatic N) is 1. The lowest BCUT2D eigenvalue weighted by Crippen LogP contribution is -2.30. The lowest BCUT2D eigenvalue weighted by molar-refractivity contribution is 0.0593. The molecule has 2 aromatic carbocycles. The van der Waals surface area contributed by atoms with E-state index in [-0.39, 0.29) is 28.6 Å². The monoisotopic (exact) mass is 485 g/mol. The van der Waals surface area contributed by atoms with Gasteiger partial charge >= 0.3 is 5.97 Å². The van der Waals surface area contributed by atoms with Crippen LogP contribution in [0.25, 0.3) is 0 Å². The van der Waals surface area contributed by atoms with Gasteiger partial charge in [0.05, 0.1) is 17.6 Å². The summed E-state index contributed by atoms with van der Waals surface area (Å²) in [5, 5.41) is 2.70. The summed E-state index contributed by atoms with van der Waals surface area (Å²) in [6.45, 7) is 0.285. The van der Waals surface area contributed by atoms with E-state index >= 15 is 0 Å². The van der Waals surface area contributed by atoms with E-state index in [1.807, 2.05) is 4.72 Å². The molecule has 0 bridgehead atoms. The summed E-state index contributed by atoms with van der Waals surface area (Å²) in [5.74, 6) is -2.38. The number of carbonyl (C=O) groups excluding carboxylic acids is 3. The molecule has 0 atom stereocenters. The Morgan fingerprint density at radius 2 is 1.56 bits per heavy atom. The van der Waals surface area contributed by atoms with E-state index in [0.29, 0.717) is 12.0 Å². The zero-order valence-corrected chi connectivity index (χ0v) is 18.8. The molecule has 3 aromatic rings. The average molecular weight is 485 g/mol. The Kier molecular flexibility index (Phi) is 7.69. The molecule has 9 nitrogen and oxygen atoms in total. The van der Waals surface area contributed by atoms with Crippen LogP contribution in [0.15, 0.2) is 71.8 Å². The zero-order valence-electron chi connectivity index (χ0n) is 17.9. The summed E-state index contributed by atoms with van der Waals surface area (Å²) in [6.07, 6.45) is 1.50. The van der Waals surface area contributed by atoms with E-state index in [4.69, 9.17) is 0 Å². The van der Waals surface area contributed by atoms with Crippen molar-refractivity contribution < 1.29 is 31.9 Å². The number of methoxy groups -OCH3 is 1. The maximum Gasteiger partial charge on any atom is 0.356 e. The van der Waals surface area contributed by atoms with Gasteiger partial charge in [-0.15, -0.1) is 0 Å². The summed E-state index contributed by atoms with van der Waals surface area (Å²) in [4.78, 5) is 39.4. The standard InChI is InChI=1S/C23H20FN3O6S/c1-33-23(30)20-11-6-17(14-26-20)22(29)27-34(31,32)19-9-2-15(3-10-19)12-13-25-21(28)16-4-7-18(24)8-5-16/h2-11,14H,12-13H2,1H3,(H,25,28)(H,27,29). The number of amides is 2. The second-order valence-electron chi connectivity index (χ2n) is 7.02. The van der Waals surface area contributed by atoms with Crippen molar-refractivity contribution in [3.63, 3.8) is 0 Å². The van der Waals surface area contributed by atoms with Crippen LogP contribution in [0, 0.1) is 5.82 Å². The van der Waals surface area contributed by atoms with Crippen LogP contribution in [0.5, 0.6) is 0 Å². The molecule has 11 heteroatoms. The van der Waals surface area contributed by atoms with Gasteiger partial charge in [-0.25, -0.2) is 27.3 Å². The van der Waals surface area contributed by atoms with Crippen molar-refractivity contribution in [1.29, 1.82) is 0 Å². The van der Waals surface area contributed by atoms with E-state index in [1.54, 1.807) is 12.1 Å². The first-order chi connectivity index (χ1) is 16.2. The van der Waals surface area contributed by atoms with Crippen LogP contribution >= 0.6 is 0 Å². The number of nitrogens with one attached hydrogen (secondary N) is 2. The quantitative estimate of drug-likeness (QED) is 0.467. The highest BCUT2D eigenvalue weighted by atomic mass is 32.2. The fourth-order valence-electron chi connectivity index (χ4n) is 2.85. The highest BCUT2D eigenvalue weighted by molar-refractivity contribution is 7.90. The summed E-state index contributed by atoms with van der Waals surface area (Å²) >= 11 is 0. The molecule has 0 spiro atoms. The van der Waals surface area contributed by atoms with Gasteiger partial charge in [-0.3, -0.25) is 9.59 Å². The number of aromatic nitrogens is 1. The van der Waals surface area contributed by atoms with Gasteiger partial charge in [0.1, 0.15) is 11.5 Å². The number of pyridine rings is 1. The summed E-state index contributed by atoms with van der Waals surface area (Å²) in [5.41, 5.74) is 1.01. The van der Waals surface area contributed by atoms with Crippen molar-refractivity contribution in [3.8, 4) is 0 Å². The normalized spacial score (nSPS) is 10.9. The Morgan fingerprint density at radius 3 is 2.15 bits per heavy atom. The van der Waals surface area contributed by atoms with Gasteiger partial charge in [-0.05, 0) is 60.5 Å². The van der Waals surface area contributed by atoms with Crippen molar-refractivity contribution in [3.05, 3.63) is 95.1 Å². The number of rotatable bonds is 8. The van der Waals surface area contributed by atoms with Crippen LogP contribution in [-0.4, -0.2) is 44.8 Å². The van der Waals surface area contributed by atoms with Crippen LogP contribution in [0.4, 0.5) is 4.39 Å². The largest absolute Gasteiger partial charge is 0.464 e. The van der Waals surface area contributed by atoms with Gasteiger partial charge in [-0.2, -0.15) is 0 Å². The first kappa shape index (κ1) is 24.5. The van der Waals surface area contributed by atoms with Crippen molar-refractivity contribution >= 4 is 27.8 Å². The lowest BCUT2D eigenvalue weighted by Gasteiger charge is -2.09. The molecule has 0 aliphatic heterocycles. The highest BCUT2D eigenvalue weighted by Crippen LogP contribution is 2.12. The van der Waals surface area contributed by atoms with E-state index < -0.39 is 27.7 Å². The third-order valence-electron chi connectivity index (χ3n) is 4.69. The third-order valence-corrected chi connectivity index (χ3v) is 6.03. The van der Waals surface area contributed by atoms with Crippen LogP contribution in [0.1, 0.15) is 36.8 Å². The van der Waals surface area contributed by atoms with Gasteiger partial charge in [0, 0.05) is 18.3 Å². The second-order valence-corrected chi connectivity index (χ2v) is 8.70. The topological polar surface area (TPSA) is 132 Å². The first-order valence-electron chi connectivity index (χ1n) is 9.94. The van der Waals surface area contributed by atoms with Crippen molar-refractivity contribution in [2.24, 2.45) is 0 Å². The van der Waals surface area contributed by atoms with E-state index in [0.717, 1.165) is 11.8 Å². The fraction of sp³-hybridized carbons (Fsp3) is 0.130. The minimum atomic E-state index is -4.15. The molecular formula is C23H20FN3O6S. The number of sulfonamides is 1. The summed E-state index contributed by atoms with van der Waals surface area (Å²) in [6, 6.07) is 13.5. The second kappa shape index (κ2) is 10.7. The van der Waals surface area contributed by atoms with E-state index in [2.05, 4.69) is 15.0 Å². The van der Waals surface area contributed by atoms with Crippen molar-refractivity contribution in [1.82, 2.24) is 15.0 Å². The molecule has 0 aliphatic carbocycles. The number of hydrogen-bond acceptors (Lipinski definition) is 7. The maximum absolute atomic E-state index is 12.9. The van der Waals surface area contributed by atoms with Crippen LogP contribution in [0.2, 0.25) is 0 Å². The van der Waals surface area contributed by atoms with Crippen molar-refractivity contribution in [2.45, 2.75) is 11.3 Å². The van der Waals surface area contributed by atoms with Crippen LogP contribution in [-0.2, 0) is 21.2 Å². The number of carbonyl (C=O) groups is 3.